The van der Waals surface area contributed by atoms with Gasteiger partial charge >= 0.3 is 0 Å². The van der Waals surface area contributed by atoms with Crippen LogP contribution in [0.1, 0.15) is 17.4 Å². The van der Waals surface area contributed by atoms with Gasteiger partial charge in [-0.2, -0.15) is 0 Å². The maximum atomic E-state index is 14.1. The topological polar surface area (TPSA) is 89.5 Å². The average molecular weight is 415 g/mol. The van der Waals surface area contributed by atoms with Crippen molar-refractivity contribution in [3.05, 3.63) is 53.3 Å². The van der Waals surface area contributed by atoms with Gasteiger partial charge in [-0.25, -0.2) is 9.37 Å². The van der Waals surface area contributed by atoms with Crippen LogP contribution in [0.15, 0.2) is 41.8 Å². The van der Waals surface area contributed by atoms with E-state index in [1.807, 2.05) is 0 Å². The molecule has 29 heavy (non-hydrogen) atoms. The number of nitrogens with zero attached hydrogens (tertiary/aromatic N) is 1. The van der Waals surface area contributed by atoms with Gasteiger partial charge in [0, 0.05) is 18.0 Å². The van der Waals surface area contributed by atoms with E-state index in [4.69, 9.17) is 9.47 Å². The summed E-state index contributed by atoms with van der Waals surface area (Å²) in [5.74, 6) is -0.454. The number of amides is 2. The molecule has 2 N–H and O–H groups in total. The smallest absolute Gasteiger partial charge is 0.275 e. The van der Waals surface area contributed by atoms with E-state index in [0.29, 0.717) is 27.8 Å². The number of para-hydroxylation sites is 1. The lowest BCUT2D eigenvalue weighted by molar-refractivity contribution is -0.114. The Labute approximate surface area is 170 Å². The Hall–Kier alpha value is -3.46. The number of carbonyl (C=O) groups is 2. The van der Waals surface area contributed by atoms with Gasteiger partial charge in [0.05, 0.1) is 25.5 Å². The summed E-state index contributed by atoms with van der Waals surface area (Å²) < 4.78 is 24.7. The molecular formula is C20H18FN3O4S. The van der Waals surface area contributed by atoms with E-state index in [-0.39, 0.29) is 17.3 Å². The predicted octanol–water partition coefficient (Wildman–Crippen LogP) is 4.18. The molecule has 150 valence electrons. The van der Waals surface area contributed by atoms with Gasteiger partial charge in [0.15, 0.2) is 11.5 Å². The number of hydrogen-bond acceptors (Lipinski definition) is 6. The van der Waals surface area contributed by atoms with Crippen molar-refractivity contribution >= 4 is 34.5 Å². The first-order valence-corrected chi connectivity index (χ1v) is 9.36. The van der Waals surface area contributed by atoms with Crippen LogP contribution in [0.2, 0.25) is 0 Å². The third kappa shape index (κ3) is 4.52. The van der Waals surface area contributed by atoms with E-state index in [0.717, 1.165) is 6.07 Å². The van der Waals surface area contributed by atoms with E-state index in [1.165, 1.54) is 44.6 Å². The highest BCUT2D eigenvalue weighted by Crippen LogP contribution is 2.39. The van der Waals surface area contributed by atoms with Crippen LogP contribution in [0, 0.1) is 5.82 Å². The van der Waals surface area contributed by atoms with Crippen molar-refractivity contribution in [2.24, 2.45) is 0 Å². The van der Waals surface area contributed by atoms with E-state index in [9.17, 15) is 14.0 Å². The quantitative estimate of drug-likeness (QED) is 0.631. The third-order valence-corrected chi connectivity index (χ3v) is 4.78. The second kappa shape index (κ2) is 8.70. The highest BCUT2D eigenvalue weighted by Gasteiger charge is 2.18. The summed E-state index contributed by atoms with van der Waals surface area (Å²) in [6.07, 6.45) is 0. The lowest BCUT2D eigenvalue weighted by Gasteiger charge is -2.10. The van der Waals surface area contributed by atoms with Crippen LogP contribution in [0.25, 0.3) is 10.6 Å². The molecule has 0 unspecified atom stereocenters. The van der Waals surface area contributed by atoms with Crippen molar-refractivity contribution < 1.29 is 23.5 Å². The molecule has 0 bridgehead atoms. The zero-order chi connectivity index (χ0) is 21.0. The zero-order valence-corrected chi connectivity index (χ0v) is 16.7. The molecule has 2 amide bonds. The molecule has 0 saturated heterocycles. The first-order chi connectivity index (χ1) is 13.9. The number of nitrogens with one attached hydrogen (secondary N) is 2. The molecule has 0 fully saturated rings. The summed E-state index contributed by atoms with van der Waals surface area (Å²) in [6, 6.07) is 9.26. The number of thiazole rings is 1. The number of hydrogen-bond donors (Lipinski definition) is 2. The van der Waals surface area contributed by atoms with Gasteiger partial charge in [-0.1, -0.05) is 6.07 Å². The molecule has 0 radical (unpaired) electrons. The Kier molecular flexibility index (Phi) is 6.08. The number of carbonyl (C=O) groups excluding carboxylic acids is 2. The summed E-state index contributed by atoms with van der Waals surface area (Å²) in [4.78, 5) is 28.1. The van der Waals surface area contributed by atoms with E-state index in [1.54, 1.807) is 23.6 Å². The molecule has 1 aromatic heterocycles. The van der Waals surface area contributed by atoms with Gasteiger partial charge in [0.1, 0.15) is 16.5 Å². The fourth-order valence-electron chi connectivity index (χ4n) is 2.65. The number of aromatic nitrogens is 1. The predicted molar refractivity (Wildman–Crippen MR) is 109 cm³/mol. The zero-order valence-electron chi connectivity index (χ0n) is 15.9. The van der Waals surface area contributed by atoms with Gasteiger partial charge in [0.2, 0.25) is 5.91 Å². The first kappa shape index (κ1) is 20.3. The summed E-state index contributed by atoms with van der Waals surface area (Å²) in [7, 11) is 3.05. The number of methoxy groups -OCH3 is 2. The summed E-state index contributed by atoms with van der Waals surface area (Å²) in [5, 5.41) is 7.14. The molecule has 7 nitrogen and oxygen atoms in total. The maximum absolute atomic E-state index is 14.1. The van der Waals surface area contributed by atoms with E-state index in [2.05, 4.69) is 15.6 Å². The average Bonchev–Trinajstić information content (AvgIpc) is 3.19. The van der Waals surface area contributed by atoms with Gasteiger partial charge in [-0.15, -0.1) is 11.3 Å². The number of halogens is 1. The van der Waals surface area contributed by atoms with Crippen LogP contribution >= 0.6 is 11.3 Å². The van der Waals surface area contributed by atoms with Gasteiger partial charge in [-0.05, 0) is 30.3 Å². The monoisotopic (exact) mass is 415 g/mol. The normalized spacial score (nSPS) is 10.3. The molecule has 0 aliphatic carbocycles. The second-order valence-corrected chi connectivity index (χ2v) is 6.77. The maximum Gasteiger partial charge on any atom is 0.275 e. The number of benzene rings is 2. The number of ether oxygens (including phenoxy) is 2. The molecule has 9 heteroatoms. The van der Waals surface area contributed by atoms with Crippen LogP contribution in [0.5, 0.6) is 11.5 Å². The minimum Gasteiger partial charge on any atom is -0.493 e. The molecule has 0 aliphatic heterocycles. The fourth-order valence-corrected chi connectivity index (χ4v) is 3.47. The van der Waals surface area contributed by atoms with Crippen molar-refractivity contribution in [2.45, 2.75) is 6.92 Å². The first-order valence-electron chi connectivity index (χ1n) is 8.48. The summed E-state index contributed by atoms with van der Waals surface area (Å²) in [6.45, 7) is 1.34. The SMILES string of the molecule is COc1cccc(-c2nc(C(=O)Nc3cc(NC(C)=O)ccc3F)cs2)c1OC. The molecule has 1 heterocycles. The molecule has 0 saturated carbocycles. The largest absolute Gasteiger partial charge is 0.493 e. The highest BCUT2D eigenvalue weighted by molar-refractivity contribution is 7.13. The van der Waals surface area contributed by atoms with E-state index < -0.39 is 11.7 Å². The molecular weight excluding hydrogens is 397 g/mol. The molecule has 0 aliphatic rings. The van der Waals surface area contributed by atoms with E-state index >= 15 is 0 Å². The summed E-state index contributed by atoms with van der Waals surface area (Å²) >= 11 is 1.25. The summed E-state index contributed by atoms with van der Waals surface area (Å²) in [5.41, 5.74) is 1.11. The van der Waals surface area contributed by atoms with Crippen molar-refractivity contribution in [1.29, 1.82) is 0 Å². The van der Waals surface area contributed by atoms with Crippen LogP contribution in [0.4, 0.5) is 15.8 Å². The van der Waals surface area contributed by atoms with Crippen molar-refractivity contribution in [3.8, 4) is 22.1 Å². The van der Waals surface area contributed by atoms with Crippen LogP contribution in [-0.2, 0) is 4.79 Å². The molecule has 2 aromatic carbocycles. The molecule has 3 rings (SSSR count). The van der Waals surface area contributed by atoms with Gasteiger partial charge in [-0.3, -0.25) is 9.59 Å². The number of rotatable bonds is 6. The Bertz CT molecular complexity index is 1070. The van der Waals surface area contributed by atoms with Crippen molar-refractivity contribution in [2.75, 3.05) is 24.9 Å². The third-order valence-electron chi connectivity index (χ3n) is 3.91. The number of anilines is 2. The van der Waals surface area contributed by atoms with Crippen LogP contribution in [-0.4, -0.2) is 31.0 Å². The fraction of sp³-hybridized carbons (Fsp3) is 0.150. The highest BCUT2D eigenvalue weighted by atomic mass is 32.1. The van der Waals surface area contributed by atoms with Crippen LogP contribution in [0.3, 0.4) is 0 Å². The second-order valence-electron chi connectivity index (χ2n) is 5.91. The Morgan fingerprint density at radius 3 is 2.59 bits per heavy atom. The van der Waals surface area contributed by atoms with Gasteiger partial charge < -0.3 is 20.1 Å². The van der Waals surface area contributed by atoms with Crippen LogP contribution < -0.4 is 20.1 Å². The van der Waals surface area contributed by atoms with Crippen molar-refractivity contribution in [3.63, 3.8) is 0 Å². The van der Waals surface area contributed by atoms with Crippen molar-refractivity contribution in [1.82, 2.24) is 4.98 Å². The minimum atomic E-state index is -0.627. The molecule has 3 aromatic rings. The standard InChI is InChI=1S/C20H18FN3O4S/c1-11(25)22-12-7-8-14(21)15(9-12)23-19(26)16-10-29-20(24-16)13-5-4-6-17(27-2)18(13)28-3/h4-10H,1-3H3,(H,22,25)(H,23,26). The molecule has 0 spiro atoms. The Balaban J connectivity index is 1.85. The molecule has 0 atom stereocenters. The van der Waals surface area contributed by atoms with Gasteiger partial charge in [0.25, 0.3) is 5.91 Å². The Morgan fingerprint density at radius 2 is 1.90 bits per heavy atom. The Morgan fingerprint density at radius 1 is 1.10 bits per heavy atom. The minimum absolute atomic E-state index is 0.0604. The lowest BCUT2D eigenvalue weighted by Crippen LogP contribution is -2.14. The lowest BCUT2D eigenvalue weighted by atomic mass is 10.2.